The van der Waals surface area contributed by atoms with Gasteiger partial charge in [-0.25, -0.2) is 5.48 Å². The lowest BCUT2D eigenvalue weighted by Crippen LogP contribution is -2.43. The van der Waals surface area contributed by atoms with Crippen molar-refractivity contribution in [1.29, 1.82) is 0 Å². The molecule has 174 valence electrons. The number of amides is 2. The number of carbonyl (C=O) groups is 2. The predicted molar refractivity (Wildman–Crippen MR) is 125 cm³/mol. The molecule has 2 aromatic carbocycles. The van der Waals surface area contributed by atoms with Crippen LogP contribution < -0.4 is 15.5 Å². The third-order valence-corrected chi connectivity index (χ3v) is 6.19. The van der Waals surface area contributed by atoms with Crippen LogP contribution in [0.5, 0.6) is 5.75 Å². The van der Waals surface area contributed by atoms with Crippen LogP contribution >= 0.6 is 0 Å². The number of para-hydroxylation sites is 1. The van der Waals surface area contributed by atoms with Crippen LogP contribution in [0.1, 0.15) is 42.1 Å². The molecule has 2 heterocycles. The van der Waals surface area contributed by atoms with Gasteiger partial charge >= 0.3 is 0 Å². The van der Waals surface area contributed by atoms with Gasteiger partial charge in [-0.15, -0.1) is 0 Å². The van der Waals surface area contributed by atoms with Gasteiger partial charge in [0, 0.05) is 36.1 Å². The number of methoxy groups -OCH3 is 1. The molecule has 8 nitrogen and oxygen atoms in total. The maximum absolute atomic E-state index is 12.7. The number of unbranched alkanes of at least 4 members (excludes halogenated alkanes) is 1. The van der Waals surface area contributed by atoms with Gasteiger partial charge in [0.15, 0.2) is 0 Å². The van der Waals surface area contributed by atoms with Crippen LogP contribution in [0.15, 0.2) is 48.5 Å². The number of hydrogen-bond donors (Lipinski definition) is 4. The summed E-state index contributed by atoms with van der Waals surface area (Å²) in [5.74, 6) is 0.344. The van der Waals surface area contributed by atoms with Gasteiger partial charge in [0.25, 0.3) is 0 Å². The fourth-order valence-corrected chi connectivity index (χ4v) is 4.56. The smallest absolute Gasteiger partial charge is 0.243 e. The highest BCUT2D eigenvalue weighted by Crippen LogP contribution is 2.38. The second kappa shape index (κ2) is 10.5. The van der Waals surface area contributed by atoms with Crippen molar-refractivity contribution in [1.82, 2.24) is 20.7 Å². The molecule has 3 aromatic rings. The summed E-state index contributed by atoms with van der Waals surface area (Å²) >= 11 is 0. The highest BCUT2D eigenvalue weighted by molar-refractivity contribution is 5.85. The van der Waals surface area contributed by atoms with Crippen molar-refractivity contribution in [2.45, 2.75) is 31.7 Å². The largest absolute Gasteiger partial charge is 0.497 e. The van der Waals surface area contributed by atoms with E-state index in [0.717, 1.165) is 35.5 Å². The quantitative estimate of drug-likeness (QED) is 0.228. The number of nitrogens with one attached hydrogen (secondary N) is 3. The molecule has 0 fully saturated rings. The monoisotopic (exact) mass is 450 g/mol. The van der Waals surface area contributed by atoms with Crippen molar-refractivity contribution >= 4 is 22.7 Å². The Morgan fingerprint density at radius 3 is 2.67 bits per heavy atom. The van der Waals surface area contributed by atoms with Crippen LogP contribution in [0.2, 0.25) is 0 Å². The predicted octanol–water partition coefficient (Wildman–Crippen LogP) is 2.92. The van der Waals surface area contributed by atoms with Gasteiger partial charge in [0.05, 0.1) is 19.7 Å². The Hall–Kier alpha value is -3.36. The minimum atomic E-state index is -0.411. The molecule has 4 rings (SSSR count). The Balaban J connectivity index is 1.50. The zero-order valence-electron chi connectivity index (χ0n) is 18.8. The van der Waals surface area contributed by atoms with Crippen molar-refractivity contribution < 1.29 is 19.5 Å². The van der Waals surface area contributed by atoms with Gasteiger partial charge in [-0.2, -0.15) is 0 Å². The topological polar surface area (TPSA) is 107 Å². The third kappa shape index (κ3) is 5.18. The summed E-state index contributed by atoms with van der Waals surface area (Å²) in [5, 5.41) is 12.7. The van der Waals surface area contributed by atoms with E-state index in [9.17, 15) is 9.59 Å². The van der Waals surface area contributed by atoms with Crippen LogP contribution in [0.4, 0.5) is 0 Å². The highest BCUT2D eigenvalue weighted by Gasteiger charge is 2.32. The zero-order valence-corrected chi connectivity index (χ0v) is 18.8. The summed E-state index contributed by atoms with van der Waals surface area (Å²) in [6, 6.07) is 16.3. The van der Waals surface area contributed by atoms with Crippen molar-refractivity contribution in [3.8, 4) is 5.75 Å². The van der Waals surface area contributed by atoms with Crippen LogP contribution in [-0.4, -0.2) is 53.6 Å². The lowest BCUT2D eigenvalue weighted by atomic mass is 9.92. The summed E-state index contributed by atoms with van der Waals surface area (Å²) < 4.78 is 5.33. The first-order valence-corrected chi connectivity index (χ1v) is 11.3. The molecule has 1 unspecified atom stereocenters. The molecule has 1 aliphatic rings. The number of H-pyrrole nitrogens is 1. The summed E-state index contributed by atoms with van der Waals surface area (Å²) in [6.45, 7) is 1.55. The van der Waals surface area contributed by atoms with Crippen molar-refractivity contribution in [2.24, 2.45) is 0 Å². The van der Waals surface area contributed by atoms with E-state index >= 15 is 0 Å². The van der Waals surface area contributed by atoms with E-state index in [1.54, 1.807) is 12.6 Å². The van der Waals surface area contributed by atoms with E-state index < -0.39 is 5.91 Å². The molecule has 0 spiro atoms. The number of hydrogen-bond acceptors (Lipinski definition) is 5. The zero-order chi connectivity index (χ0) is 23.2. The number of aromatic nitrogens is 1. The standard InChI is InChI=1S/C25H30N4O4/c1-33-18-11-9-17(10-12-18)25-24-20(19-6-2-3-7-21(19)27-24)13-15-29(25)16-23(31)26-14-5-4-8-22(30)28-32/h2-3,6-7,9-12,25,27,32H,4-5,8,13-16H2,1H3,(H,26,31)(H,28,30). The molecule has 0 radical (unpaired) electrons. The van der Waals surface area contributed by atoms with Crippen LogP contribution in [0.25, 0.3) is 10.9 Å². The van der Waals surface area contributed by atoms with Crippen LogP contribution in [0.3, 0.4) is 0 Å². The van der Waals surface area contributed by atoms with Gasteiger partial charge in [0.1, 0.15) is 5.75 Å². The van der Waals surface area contributed by atoms with E-state index in [1.807, 2.05) is 18.2 Å². The average molecular weight is 451 g/mol. The van der Waals surface area contributed by atoms with Crippen LogP contribution in [-0.2, 0) is 16.0 Å². The van der Waals surface area contributed by atoms with E-state index in [4.69, 9.17) is 9.94 Å². The fourth-order valence-electron chi connectivity index (χ4n) is 4.56. The molecule has 0 bridgehead atoms. The number of aromatic amines is 1. The molecule has 4 N–H and O–H groups in total. The molecule has 1 aliphatic heterocycles. The first-order valence-electron chi connectivity index (χ1n) is 11.3. The highest BCUT2D eigenvalue weighted by atomic mass is 16.5. The number of fused-ring (bicyclic) bond motifs is 3. The van der Waals surface area contributed by atoms with Crippen molar-refractivity contribution in [3.05, 3.63) is 65.4 Å². The maximum atomic E-state index is 12.7. The van der Waals surface area contributed by atoms with E-state index in [-0.39, 0.29) is 24.9 Å². The molecular weight excluding hydrogens is 420 g/mol. The van der Waals surface area contributed by atoms with Crippen molar-refractivity contribution in [2.75, 3.05) is 26.7 Å². The fraction of sp³-hybridized carbons (Fsp3) is 0.360. The number of ether oxygens (including phenoxy) is 1. The number of nitrogens with zero attached hydrogens (tertiary/aromatic N) is 1. The van der Waals surface area contributed by atoms with Crippen LogP contribution in [0, 0.1) is 0 Å². The second-order valence-corrected chi connectivity index (χ2v) is 8.30. The van der Waals surface area contributed by atoms with Gasteiger partial charge < -0.3 is 15.0 Å². The number of hydroxylamine groups is 1. The van der Waals surface area contributed by atoms with Crippen molar-refractivity contribution in [3.63, 3.8) is 0 Å². The maximum Gasteiger partial charge on any atom is 0.243 e. The SMILES string of the molecule is COc1ccc(C2c3[nH]c4ccccc4c3CCN2CC(=O)NCCCCC(=O)NO)cc1. The Labute approximate surface area is 192 Å². The molecule has 2 amide bonds. The summed E-state index contributed by atoms with van der Waals surface area (Å²) in [4.78, 5) is 29.6. The minimum absolute atomic E-state index is 0.0420. The molecule has 0 saturated heterocycles. The molecule has 1 aromatic heterocycles. The molecular formula is C25H30N4O4. The summed E-state index contributed by atoms with van der Waals surface area (Å²) in [5.41, 5.74) is 6.28. The molecule has 33 heavy (non-hydrogen) atoms. The average Bonchev–Trinajstić information content (AvgIpc) is 3.22. The van der Waals surface area contributed by atoms with Gasteiger partial charge in [-0.05, 0) is 48.6 Å². The minimum Gasteiger partial charge on any atom is -0.497 e. The van der Waals surface area contributed by atoms with E-state index in [1.165, 1.54) is 10.9 Å². The molecule has 0 saturated carbocycles. The van der Waals surface area contributed by atoms with Gasteiger partial charge in [-0.1, -0.05) is 30.3 Å². The Morgan fingerprint density at radius 2 is 1.91 bits per heavy atom. The number of rotatable bonds is 9. The van der Waals surface area contributed by atoms with E-state index in [0.29, 0.717) is 19.4 Å². The normalized spacial score (nSPS) is 15.8. The first kappa shape index (κ1) is 22.8. The van der Waals surface area contributed by atoms with Gasteiger partial charge in [-0.3, -0.25) is 19.7 Å². The van der Waals surface area contributed by atoms with Gasteiger partial charge in [0.2, 0.25) is 11.8 Å². The number of carbonyl (C=O) groups excluding carboxylic acids is 2. The lowest BCUT2D eigenvalue weighted by molar-refractivity contribution is -0.129. The number of benzene rings is 2. The Kier molecular flexibility index (Phi) is 7.26. The Bertz CT molecular complexity index is 1110. The molecule has 8 heteroatoms. The third-order valence-electron chi connectivity index (χ3n) is 6.19. The summed E-state index contributed by atoms with van der Waals surface area (Å²) in [6.07, 6.45) is 2.38. The van der Waals surface area contributed by atoms with E-state index in [2.05, 4.69) is 45.5 Å². The first-order chi connectivity index (χ1) is 16.1. The molecule has 0 aliphatic carbocycles. The second-order valence-electron chi connectivity index (χ2n) is 8.30. The molecule has 1 atom stereocenters. The Morgan fingerprint density at radius 1 is 1.12 bits per heavy atom. The lowest BCUT2D eigenvalue weighted by Gasteiger charge is -2.35. The summed E-state index contributed by atoms with van der Waals surface area (Å²) in [7, 11) is 1.65.